The number of hydrogen-bond donors (Lipinski definition) is 1. The molecule has 0 saturated carbocycles. The van der Waals surface area contributed by atoms with Crippen molar-refractivity contribution in [2.24, 2.45) is 0 Å². The first kappa shape index (κ1) is 17.7. The number of alkyl halides is 9. The maximum atomic E-state index is 12.7. The normalized spacial score (nSPS) is 15.0. The van der Waals surface area contributed by atoms with Gasteiger partial charge in [0.05, 0.1) is 5.94 Å². The minimum atomic E-state index is -6.84. The predicted molar refractivity (Wildman–Crippen MR) is 45.1 cm³/mol. The van der Waals surface area contributed by atoms with Gasteiger partial charge in [-0.25, -0.2) is 0 Å². The molecule has 0 aromatic carbocycles. The smallest absolute Gasteiger partial charge is 0.386 e. The maximum Gasteiger partial charge on any atom is 0.460 e. The lowest BCUT2D eigenvalue weighted by molar-refractivity contribution is -0.396. The number of hydrogen-bond acceptors (Lipinski definition) is 2. The van der Waals surface area contributed by atoms with E-state index in [2.05, 4.69) is 0 Å². The molecule has 0 aliphatic rings. The van der Waals surface area contributed by atoms with E-state index in [1.54, 1.807) is 0 Å². The van der Waals surface area contributed by atoms with Gasteiger partial charge in [-0.2, -0.15) is 39.5 Å². The zero-order valence-electron chi connectivity index (χ0n) is 8.38. The second kappa shape index (κ2) is 5.35. The van der Waals surface area contributed by atoms with Crippen molar-refractivity contribution in [3.05, 3.63) is 0 Å². The van der Waals surface area contributed by atoms with Gasteiger partial charge in [-0.05, 0) is 0 Å². The second-order valence-electron chi connectivity index (χ2n) is 3.14. The summed E-state index contributed by atoms with van der Waals surface area (Å²) in [5.41, 5.74) is 0. The molecule has 1 N–H and O–H groups in total. The van der Waals surface area contributed by atoms with Crippen molar-refractivity contribution in [3.63, 3.8) is 0 Å². The summed E-state index contributed by atoms with van der Waals surface area (Å²) in [7, 11) is 0. The van der Waals surface area contributed by atoms with Crippen molar-refractivity contribution in [3.8, 4) is 0 Å². The zero-order chi connectivity index (χ0) is 14.8. The minimum absolute atomic E-state index is 0.285. The van der Waals surface area contributed by atoms with Gasteiger partial charge in [0.25, 0.3) is 0 Å². The largest absolute Gasteiger partial charge is 0.460 e. The van der Waals surface area contributed by atoms with Gasteiger partial charge in [0, 0.05) is 12.2 Å². The van der Waals surface area contributed by atoms with E-state index < -0.39 is 42.1 Å². The molecule has 0 atom stereocenters. The molecular weight excluding hydrogens is 303 g/mol. The SMILES string of the molecule is OCSCCC(F)(F)C(F)(F)C(F)(F)C(F)(F)F. The Morgan fingerprint density at radius 2 is 1.22 bits per heavy atom. The molecule has 0 aliphatic heterocycles. The molecule has 0 aromatic rings. The number of aliphatic hydroxyl groups excluding tert-OH is 1. The van der Waals surface area contributed by atoms with Crippen LogP contribution in [0.3, 0.4) is 0 Å². The van der Waals surface area contributed by atoms with E-state index in [-0.39, 0.29) is 11.8 Å². The summed E-state index contributed by atoms with van der Waals surface area (Å²) in [6.45, 7) is 0. The fourth-order valence-corrected chi connectivity index (χ4v) is 1.36. The van der Waals surface area contributed by atoms with E-state index in [0.29, 0.717) is 0 Å². The predicted octanol–water partition coefficient (Wildman–Crippen LogP) is 3.53. The molecule has 0 spiro atoms. The lowest BCUT2D eigenvalue weighted by atomic mass is 10.0. The second-order valence-corrected chi connectivity index (χ2v) is 4.21. The standard InChI is InChI=1S/C7H7F9OS/c8-4(9,1-2-18-3-17)5(10,11)6(12,13)7(14,15)16/h17H,1-3H2. The van der Waals surface area contributed by atoms with Crippen LogP contribution in [0.1, 0.15) is 6.42 Å². The van der Waals surface area contributed by atoms with Gasteiger partial charge >= 0.3 is 23.9 Å². The highest BCUT2D eigenvalue weighted by molar-refractivity contribution is 7.99. The van der Waals surface area contributed by atoms with Gasteiger partial charge in [-0.1, -0.05) is 0 Å². The molecule has 0 aromatic heterocycles. The molecule has 0 amide bonds. The average molecular weight is 310 g/mol. The number of thioether (sulfide) groups is 1. The van der Waals surface area contributed by atoms with Crippen LogP contribution in [0, 0.1) is 0 Å². The number of halogens is 9. The quantitative estimate of drug-likeness (QED) is 0.460. The lowest BCUT2D eigenvalue weighted by Gasteiger charge is -2.33. The molecule has 0 rings (SSSR count). The van der Waals surface area contributed by atoms with E-state index in [1.807, 2.05) is 0 Å². The highest BCUT2D eigenvalue weighted by Gasteiger charge is 2.81. The average Bonchev–Trinajstić information content (AvgIpc) is 2.15. The van der Waals surface area contributed by atoms with Gasteiger partial charge in [-0.15, -0.1) is 11.8 Å². The fourth-order valence-electron chi connectivity index (χ4n) is 0.830. The summed E-state index contributed by atoms with van der Waals surface area (Å²) in [5.74, 6) is -20.6. The summed E-state index contributed by atoms with van der Waals surface area (Å²) in [6, 6.07) is 0. The van der Waals surface area contributed by atoms with E-state index in [4.69, 9.17) is 5.11 Å². The molecule has 0 radical (unpaired) electrons. The Morgan fingerprint density at radius 1 is 0.778 bits per heavy atom. The highest BCUT2D eigenvalue weighted by Crippen LogP contribution is 2.54. The van der Waals surface area contributed by atoms with Gasteiger partial charge < -0.3 is 5.11 Å². The molecule has 0 aliphatic carbocycles. The van der Waals surface area contributed by atoms with E-state index in [1.165, 1.54) is 0 Å². The molecule has 0 unspecified atom stereocenters. The molecule has 0 fully saturated rings. The third-order valence-electron chi connectivity index (χ3n) is 1.86. The van der Waals surface area contributed by atoms with Crippen molar-refractivity contribution < 1.29 is 44.6 Å². The van der Waals surface area contributed by atoms with Gasteiger partial charge in [-0.3, -0.25) is 0 Å². The van der Waals surface area contributed by atoms with Crippen molar-refractivity contribution in [2.45, 2.75) is 30.4 Å². The Morgan fingerprint density at radius 3 is 1.56 bits per heavy atom. The van der Waals surface area contributed by atoms with Crippen LogP contribution in [0.25, 0.3) is 0 Å². The topological polar surface area (TPSA) is 20.2 Å². The lowest BCUT2D eigenvalue weighted by Crippen LogP contribution is -2.60. The molecule has 0 bridgehead atoms. The van der Waals surface area contributed by atoms with Crippen molar-refractivity contribution >= 4 is 11.8 Å². The van der Waals surface area contributed by atoms with E-state index in [0.717, 1.165) is 0 Å². The molecule has 110 valence electrons. The third kappa shape index (κ3) is 3.16. The minimum Gasteiger partial charge on any atom is -0.386 e. The van der Waals surface area contributed by atoms with Crippen LogP contribution in [0.2, 0.25) is 0 Å². The first-order valence-electron chi connectivity index (χ1n) is 4.20. The first-order chi connectivity index (χ1) is 7.81. The van der Waals surface area contributed by atoms with Crippen LogP contribution >= 0.6 is 11.8 Å². The van der Waals surface area contributed by atoms with Crippen LogP contribution in [0.4, 0.5) is 39.5 Å². The summed E-state index contributed by atoms with van der Waals surface area (Å²) < 4.78 is 110. The van der Waals surface area contributed by atoms with Gasteiger partial charge in [0.15, 0.2) is 0 Å². The molecule has 11 heteroatoms. The van der Waals surface area contributed by atoms with Gasteiger partial charge in [0.2, 0.25) is 0 Å². The first-order valence-corrected chi connectivity index (χ1v) is 5.35. The summed E-state index contributed by atoms with van der Waals surface area (Å²) in [6.07, 6.45) is -8.71. The number of rotatable bonds is 6. The van der Waals surface area contributed by atoms with E-state index in [9.17, 15) is 39.5 Å². The van der Waals surface area contributed by atoms with Crippen LogP contribution in [-0.4, -0.2) is 40.7 Å². The maximum absolute atomic E-state index is 12.7. The van der Waals surface area contributed by atoms with Gasteiger partial charge in [0.1, 0.15) is 0 Å². The third-order valence-corrected chi connectivity index (χ3v) is 2.54. The zero-order valence-corrected chi connectivity index (χ0v) is 9.19. The van der Waals surface area contributed by atoms with Crippen LogP contribution < -0.4 is 0 Å². The fraction of sp³-hybridized carbons (Fsp3) is 1.00. The summed E-state index contributed by atoms with van der Waals surface area (Å²) in [5, 5.41) is 8.16. The molecule has 1 nitrogen and oxygen atoms in total. The van der Waals surface area contributed by atoms with Crippen molar-refractivity contribution in [1.29, 1.82) is 0 Å². The molecule has 18 heavy (non-hydrogen) atoms. The van der Waals surface area contributed by atoms with Crippen LogP contribution in [0.15, 0.2) is 0 Å². The number of aliphatic hydroxyl groups is 1. The monoisotopic (exact) mass is 310 g/mol. The van der Waals surface area contributed by atoms with Crippen LogP contribution in [0.5, 0.6) is 0 Å². The Balaban J connectivity index is 5.11. The Hall–Kier alpha value is -0.320. The van der Waals surface area contributed by atoms with E-state index >= 15 is 0 Å². The molecular formula is C7H7F9OS. The Labute approximate surface area is 99.3 Å². The van der Waals surface area contributed by atoms with Crippen molar-refractivity contribution in [1.82, 2.24) is 0 Å². The van der Waals surface area contributed by atoms with Crippen molar-refractivity contribution in [2.75, 3.05) is 11.7 Å². The van der Waals surface area contributed by atoms with Crippen LogP contribution in [-0.2, 0) is 0 Å². The summed E-state index contributed by atoms with van der Waals surface area (Å²) >= 11 is 0.285. The molecule has 0 heterocycles. The highest BCUT2D eigenvalue weighted by atomic mass is 32.2. The Bertz CT molecular complexity index is 275. The Kier molecular flexibility index (Phi) is 5.26. The summed E-state index contributed by atoms with van der Waals surface area (Å²) in [4.78, 5) is 0. The molecule has 0 saturated heterocycles.